The first-order chi connectivity index (χ1) is 9.56. The van der Waals surface area contributed by atoms with Crippen LogP contribution in [0.3, 0.4) is 0 Å². The van der Waals surface area contributed by atoms with Crippen molar-refractivity contribution < 1.29 is 14.0 Å². The van der Waals surface area contributed by atoms with Gasteiger partial charge in [0.15, 0.2) is 0 Å². The zero-order chi connectivity index (χ0) is 14.3. The van der Waals surface area contributed by atoms with Crippen molar-refractivity contribution in [3.05, 3.63) is 29.0 Å². The number of carbonyl (C=O) groups excluding carboxylic acids is 2. The van der Waals surface area contributed by atoms with Crippen LogP contribution in [-0.2, 0) is 9.59 Å². The van der Waals surface area contributed by atoms with Gasteiger partial charge in [-0.3, -0.25) is 9.59 Å². The summed E-state index contributed by atoms with van der Waals surface area (Å²) in [5.74, 6) is -0.612. The summed E-state index contributed by atoms with van der Waals surface area (Å²) in [6.45, 7) is 0.219. The Morgan fingerprint density at radius 1 is 1.30 bits per heavy atom. The molecule has 0 bridgehead atoms. The highest BCUT2D eigenvalue weighted by Crippen LogP contribution is 2.36. The van der Waals surface area contributed by atoms with Gasteiger partial charge in [-0.05, 0) is 37.0 Å². The van der Waals surface area contributed by atoms with E-state index in [9.17, 15) is 14.0 Å². The molecule has 0 aromatic heterocycles. The standard InChI is InChI=1S/C14H14ClFN2O2/c15-10-4-3-9(16)7-11(10)18-6-5-12(19)17-13(14(18)20)8-1-2-8/h3-4,7-8,13H,1-2,5-6H2,(H,17,19). The number of rotatable bonds is 2. The Labute approximate surface area is 120 Å². The number of hydrogen-bond donors (Lipinski definition) is 1. The van der Waals surface area contributed by atoms with Crippen molar-refractivity contribution in [3.63, 3.8) is 0 Å². The highest BCUT2D eigenvalue weighted by Gasteiger charge is 2.41. The van der Waals surface area contributed by atoms with E-state index in [0.29, 0.717) is 10.7 Å². The normalized spacial score (nSPS) is 23.5. The maximum Gasteiger partial charge on any atom is 0.249 e. The molecule has 1 aromatic rings. The van der Waals surface area contributed by atoms with E-state index in [2.05, 4.69) is 5.32 Å². The second kappa shape index (κ2) is 5.05. The average molecular weight is 297 g/mol. The van der Waals surface area contributed by atoms with Crippen LogP contribution >= 0.6 is 11.6 Å². The molecular weight excluding hydrogens is 283 g/mol. The van der Waals surface area contributed by atoms with Crippen molar-refractivity contribution in [1.82, 2.24) is 5.32 Å². The molecular formula is C14H14ClFN2O2. The van der Waals surface area contributed by atoms with Crippen molar-refractivity contribution >= 4 is 29.1 Å². The second-order valence-electron chi connectivity index (χ2n) is 5.22. The van der Waals surface area contributed by atoms with Crippen LogP contribution in [0.1, 0.15) is 19.3 Å². The van der Waals surface area contributed by atoms with Crippen molar-refractivity contribution in [3.8, 4) is 0 Å². The van der Waals surface area contributed by atoms with E-state index in [0.717, 1.165) is 12.8 Å². The molecule has 1 N–H and O–H groups in total. The summed E-state index contributed by atoms with van der Waals surface area (Å²) < 4.78 is 13.4. The number of nitrogens with one attached hydrogen (secondary N) is 1. The molecule has 1 aliphatic heterocycles. The zero-order valence-corrected chi connectivity index (χ0v) is 11.5. The van der Waals surface area contributed by atoms with Crippen LogP contribution in [0, 0.1) is 11.7 Å². The maximum atomic E-state index is 13.4. The fourth-order valence-electron chi connectivity index (χ4n) is 2.48. The van der Waals surface area contributed by atoms with Gasteiger partial charge >= 0.3 is 0 Å². The highest BCUT2D eigenvalue weighted by atomic mass is 35.5. The van der Waals surface area contributed by atoms with E-state index in [-0.39, 0.29) is 30.7 Å². The second-order valence-corrected chi connectivity index (χ2v) is 5.63. The molecule has 1 saturated carbocycles. The van der Waals surface area contributed by atoms with Gasteiger partial charge in [0, 0.05) is 13.0 Å². The molecule has 2 amide bonds. The Kier molecular flexibility index (Phi) is 3.38. The number of amides is 2. The Bertz CT molecular complexity index is 574. The van der Waals surface area contributed by atoms with Crippen molar-refractivity contribution in [1.29, 1.82) is 0 Å². The fraction of sp³-hybridized carbons (Fsp3) is 0.429. The Morgan fingerprint density at radius 3 is 2.75 bits per heavy atom. The predicted octanol–water partition coefficient (Wildman–Crippen LogP) is 2.11. The van der Waals surface area contributed by atoms with Crippen molar-refractivity contribution in [2.24, 2.45) is 5.92 Å². The zero-order valence-electron chi connectivity index (χ0n) is 10.7. The molecule has 0 spiro atoms. The lowest BCUT2D eigenvalue weighted by atomic mass is 10.1. The summed E-state index contributed by atoms with van der Waals surface area (Å²) in [7, 11) is 0. The van der Waals surface area contributed by atoms with Gasteiger partial charge in [0.2, 0.25) is 11.8 Å². The molecule has 2 fully saturated rings. The third-order valence-electron chi connectivity index (χ3n) is 3.70. The quantitative estimate of drug-likeness (QED) is 0.909. The first kappa shape index (κ1) is 13.4. The molecule has 3 rings (SSSR count). The van der Waals surface area contributed by atoms with Crippen LogP contribution in [0.2, 0.25) is 5.02 Å². The summed E-state index contributed by atoms with van der Waals surface area (Å²) >= 11 is 6.06. The minimum absolute atomic E-state index is 0.148. The lowest BCUT2D eigenvalue weighted by Gasteiger charge is -2.25. The van der Waals surface area contributed by atoms with E-state index in [1.807, 2.05) is 0 Å². The van der Waals surface area contributed by atoms with Crippen LogP contribution in [0.15, 0.2) is 18.2 Å². The average Bonchev–Trinajstić information content (AvgIpc) is 3.23. The van der Waals surface area contributed by atoms with Crippen LogP contribution in [0.4, 0.5) is 10.1 Å². The number of carbonyl (C=O) groups is 2. The fourth-order valence-corrected chi connectivity index (χ4v) is 2.70. The van der Waals surface area contributed by atoms with Gasteiger partial charge in [-0.25, -0.2) is 4.39 Å². The van der Waals surface area contributed by atoms with Gasteiger partial charge in [0.05, 0.1) is 10.7 Å². The van der Waals surface area contributed by atoms with Gasteiger partial charge in [0.25, 0.3) is 0 Å². The number of anilines is 1. The summed E-state index contributed by atoms with van der Waals surface area (Å²) in [4.78, 5) is 25.7. The van der Waals surface area contributed by atoms with Gasteiger partial charge in [-0.15, -0.1) is 0 Å². The SMILES string of the molecule is O=C1CCN(c2cc(F)ccc2Cl)C(=O)C(C2CC2)N1. The third-order valence-corrected chi connectivity index (χ3v) is 4.02. The molecule has 6 heteroatoms. The van der Waals surface area contributed by atoms with E-state index in [1.165, 1.54) is 23.1 Å². The van der Waals surface area contributed by atoms with Gasteiger partial charge in [-0.2, -0.15) is 0 Å². The smallest absolute Gasteiger partial charge is 0.249 e. The van der Waals surface area contributed by atoms with E-state index < -0.39 is 11.9 Å². The number of nitrogens with zero attached hydrogens (tertiary/aromatic N) is 1. The number of hydrogen-bond acceptors (Lipinski definition) is 2. The summed E-state index contributed by atoms with van der Waals surface area (Å²) in [5.41, 5.74) is 0.332. The summed E-state index contributed by atoms with van der Waals surface area (Å²) in [6, 6.07) is 3.39. The molecule has 4 nitrogen and oxygen atoms in total. The first-order valence-electron chi connectivity index (χ1n) is 6.62. The van der Waals surface area contributed by atoms with Gasteiger partial charge in [-0.1, -0.05) is 11.6 Å². The Hall–Kier alpha value is -1.62. The van der Waals surface area contributed by atoms with Crippen molar-refractivity contribution in [2.75, 3.05) is 11.4 Å². The van der Waals surface area contributed by atoms with Gasteiger partial charge < -0.3 is 10.2 Å². The Morgan fingerprint density at radius 2 is 2.05 bits per heavy atom. The maximum absolute atomic E-state index is 13.4. The minimum atomic E-state index is -0.510. The predicted molar refractivity (Wildman–Crippen MR) is 73.0 cm³/mol. The van der Waals surface area contributed by atoms with E-state index in [1.54, 1.807) is 0 Å². The summed E-state index contributed by atoms with van der Waals surface area (Å²) in [5, 5.41) is 3.07. The molecule has 106 valence electrons. The van der Waals surface area contributed by atoms with E-state index >= 15 is 0 Å². The molecule has 1 unspecified atom stereocenters. The Balaban J connectivity index is 1.96. The lowest BCUT2D eigenvalue weighted by molar-refractivity contribution is -0.126. The van der Waals surface area contributed by atoms with Crippen LogP contribution in [0.5, 0.6) is 0 Å². The van der Waals surface area contributed by atoms with E-state index in [4.69, 9.17) is 11.6 Å². The molecule has 1 saturated heterocycles. The molecule has 1 atom stereocenters. The number of halogens is 2. The summed E-state index contributed by atoms with van der Waals surface area (Å²) in [6.07, 6.45) is 2.06. The van der Waals surface area contributed by atoms with Crippen LogP contribution < -0.4 is 10.2 Å². The largest absolute Gasteiger partial charge is 0.344 e. The third kappa shape index (κ3) is 2.50. The molecule has 1 heterocycles. The number of benzene rings is 1. The molecule has 1 aromatic carbocycles. The van der Waals surface area contributed by atoms with Crippen LogP contribution in [-0.4, -0.2) is 24.4 Å². The molecule has 0 radical (unpaired) electrons. The van der Waals surface area contributed by atoms with Gasteiger partial charge in [0.1, 0.15) is 11.9 Å². The molecule has 2 aliphatic rings. The monoisotopic (exact) mass is 296 g/mol. The first-order valence-corrected chi connectivity index (χ1v) is 7.00. The topological polar surface area (TPSA) is 49.4 Å². The minimum Gasteiger partial charge on any atom is -0.344 e. The highest BCUT2D eigenvalue weighted by molar-refractivity contribution is 6.33. The lowest BCUT2D eigenvalue weighted by Crippen LogP contribution is -2.46. The van der Waals surface area contributed by atoms with Crippen LogP contribution in [0.25, 0.3) is 0 Å². The molecule has 20 heavy (non-hydrogen) atoms. The van der Waals surface area contributed by atoms with Crippen molar-refractivity contribution in [2.45, 2.75) is 25.3 Å². The molecule has 1 aliphatic carbocycles.